The van der Waals surface area contributed by atoms with Crippen molar-refractivity contribution in [3.63, 3.8) is 0 Å². The lowest BCUT2D eigenvalue weighted by atomic mass is 10.0. The SMILES string of the molecule is CN(CC1(CS)CC1)C1CCOCC1. The standard InChI is InChI=1S/C11H21NOS/c1-12(8-11(9-14)4-5-11)10-2-6-13-7-3-10/h10,14H,2-9H2,1H3. The molecule has 2 rings (SSSR count). The van der Waals surface area contributed by atoms with E-state index >= 15 is 0 Å². The Hall–Kier alpha value is 0.270. The zero-order chi connectivity index (χ0) is 10.0. The molecule has 1 heterocycles. The van der Waals surface area contributed by atoms with E-state index < -0.39 is 0 Å². The van der Waals surface area contributed by atoms with Crippen molar-refractivity contribution in [3.05, 3.63) is 0 Å². The van der Waals surface area contributed by atoms with Crippen LogP contribution in [0.4, 0.5) is 0 Å². The van der Waals surface area contributed by atoms with Crippen LogP contribution in [-0.2, 0) is 4.74 Å². The van der Waals surface area contributed by atoms with Gasteiger partial charge in [0.25, 0.3) is 0 Å². The van der Waals surface area contributed by atoms with E-state index in [1.54, 1.807) is 0 Å². The van der Waals surface area contributed by atoms with Crippen molar-refractivity contribution in [1.82, 2.24) is 4.90 Å². The third-order valence-corrected chi connectivity index (χ3v) is 4.36. The molecule has 0 radical (unpaired) electrons. The monoisotopic (exact) mass is 215 g/mol. The highest BCUT2D eigenvalue weighted by molar-refractivity contribution is 7.80. The van der Waals surface area contributed by atoms with Gasteiger partial charge in [-0.1, -0.05) is 0 Å². The Morgan fingerprint density at radius 2 is 2.00 bits per heavy atom. The highest BCUT2D eigenvalue weighted by Gasteiger charge is 2.42. The van der Waals surface area contributed by atoms with E-state index in [1.165, 1.54) is 32.2 Å². The van der Waals surface area contributed by atoms with Crippen molar-refractivity contribution in [1.29, 1.82) is 0 Å². The second-order valence-electron chi connectivity index (χ2n) is 4.92. The first-order chi connectivity index (χ1) is 6.76. The Morgan fingerprint density at radius 1 is 1.36 bits per heavy atom. The van der Waals surface area contributed by atoms with E-state index in [2.05, 4.69) is 24.6 Å². The summed E-state index contributed by atoms with van der Waals surface area (Å²) < 4.78 is 5.38. The smallest absolute Gasteiger partial charge is 0.0480 e. The number of thiol groups is 1. The summed E-state index contributed by atoms with van der Waals surface area (Å²) in [5.74, 6) is 1.06. The van der Waals surface area contributed by atoms with Crippen LogP contribution in [0.15, 0.2) is 0 Å². The van der Waals surface area contributed by atoms with Crippen LogP contribution in [0.2, 0.25) is 0 Å². The zero-order valence-electron chi connectivity index (χ0n) is 9.04. The highest BCUT2D eigenvalue weighted by Crippen LogP contribution is 2.47. The first kappa shape index (κ1) is 10.8. The first-order valence-corrected chi connectivity index (χ1v) is 6.28. The van der Waals surface area contributed by atoms with Crippen molar-refractivity contribution < 1.29 is 4.74 Å². The van der Waals surface area contributed by atoms with Crippen LogP contribution in [0, 0.1) is 5.41 Å². The van der Waals surface area contributed by atoms with Crippen LogP contribution < -0.4 is 0 Å². The lowest BCUT2D eigenvalue weighted by Gasteiger charge is -2.33. The molecular weight excluding hydrogens is 194 g/mol. The van der Waals surface area contributed by atoms with Crippen LogP contribution in [0.25, 0.3) is 0 Å². The van der Waals surface area contributed by atoms with Gasteiger partial charge in [0, 0.05) is 25.8 Å². The Labute approximate surface area is 92.4 Å². The van der Waals surface area contributed by atoms with Crippen LogP contribution in [0.3, 0.4) is 0 Å². The number of hydrogen-bond donors (Lipinski definition) is 1. The second-order valence-corrected chi connectivity index (χ2v) is 5.23. The molecule has 2 fully saturated rings. The van der Waals surface area contributed by atoms with E-state index in [1.807, 2.05) is 0 Å². The molecule has 1 saturated carbocycles. The summed E-state index contributed by atoms with van der Waals surface area (Å²) in [7, 11) is 2.26. The number of ether oxygens (including phenoxy) is 1. The average Bonchev–Trinajstić information content (AvgIpc) is 3.00. The fourth-order valence-electron chi connectivity index (χ4n) is 2.33. The minimum atomic E-state index is 0.566. The number of rotatable bonds is 4. The largest absolute Gasteiger partial charge is 0.381 e. The van der Waals surface area contributed by atoms with Gasteiger partial charge in [0.15, 0.2) is 0 Å². The van der Waals surface area contributed by atoms with Gasteiger partial charge in [0.2, 0.25) is 0 Å². The predicted octanol–water partition coefficient (Wildman–Crippen LogP) is 1.81. The van der Waals surface area contributed by atoms with Gasteiger partial charge in [0.05, 0.1) is 0 Å². The van der Waals surface area contributed by atoms with Crippen LogP contribution in [-0.4, -0.2) is 43.5 Å². The average molecular weight is 215 g/mol. The molecular formula is C11H21NOS. The summed E-state index contributed by atoms with van der Waals surface area (Å²) in [6.45, 7) is 3.13. The molecule has 14 heavy (non-hydrogen) atoms. The van der Waals surface area contributed by atoms with Gasteiger partial charge in [0.1, 0.15) is 0 Å². The highest BCUT2D eigenvalue weighted by atomic mass is 32.1. The zero-order valence-corrected chi connectivity index (χ0v) is 9.93. The van der Waals surface area contributed by atoms with Gasteiger partial charge in [-0.2, -0.15) is 12.6 Å². The Kier molecular flexibility index (Phi) is 3.40. The Bertz CT molecular complexity index is 188. The van der Waals surface area contributed by atoms with Crippen molar-refractivity contribution in [2.24, 2.45) is 5.41 Å². The van der Waals surface area contributed by atoms with Crippen molar-refractivity contribution in [3.8, 4) is 0 Å². The van der Waals surface area contributed by atoms with Crippen LogP contribution >= 0.6 is 12.6 Å². The molecule has 0 bridgehead atoms. The maximum absolute atomic E-state index is 5.38. The van der Waals surface area contributed by atoms with Crippen molar-refractivity contribution >= 4 is 12.6 Å². The van der Waals surface area contributed by atoms with E-state index in [9.17, 15) is 0 Å². The van der Waals surface area contributed by atoms with E-state index in [4.69, 9.17) is 4.74 Å². The summed E-state index contributed by atoms with van der Waals surface area (Å²) in [6, 6.07) is 0.751. The Morgan fingerprint density at radius 3 is 2.50 bits per heavy atom. The fraction of sp³-hybridized carbons (Fsp3) is 1.00. The van der Waals surface area contributed by atoms with E-state index in [-0.39, 0.29) is 0 Å². The molecule has 0 aromatic carbocycles. The van der Waals surface area contributed by atoms with Gasteiger partial charge in [-0.05, 0) is 43.9 Å². The molecule has 0 spiro atoms. The predicted molar refractivity (Wildman–Crippen MR) is 62.0 cm³/mol. The van der Waals surface area contributed by atoms with Gasteiger partial charge in [-0.25, -0.2) is 0 Å². The fourth-order valence-corrected chi connectivity index (χ4v) is 2.74. The molecule has 0 N–H and O–H groups in total. The maximum Gasteiger partial charge on any atom is 0.0480 e. The third kappa shape index (κ3) is 2.44. The normalized spacial score (nSPS) is 26.8. The summed E-state index contributed by atoms with van der Waals surface area (Å²) in [5, 5.41) is 0. The minimum Gasteiger partial charge on any atom is -0.381 e. The Balaban J connectivity index is 1.79. The molecule has 1 saturated heterocycles. The minimum absolute atomic E-state index is 0.566. The lowest BCUT2D eigenvalue weighted by Crippen LogP contribution is -2.40. The van der Waals surface area contributed by atoms with Crippen LogP contribution in [0.5, 0.6) is 0 Å². The number of hydrogen-bond acceptors (Lipinski definition) is 3. The van der Waals surface area contributed by atoms with Crippen molar-refractivity contribution in [2.75, 3.05) is 32.6 Å². The molecule has 1 aliphatic carbocycles. The summed E-state index contributed by atoms with van der Waals surface area (Å²) in [6.07, 6.45) is 5.17. The summed E-state index contributed by atoms with van der Waals surface area (Å²) in [4.78, 5) is 2.53. The summed E-state index contributed by atoms with van der Waals surface area (Å²) >= 11 is 4.45. The molecule has 3 heteroatoms. The van der Waals surface area contributed by atoms with E-state index in [0.717, 1.165) is 25.0 Å². The van der Waals surface area contributed by atoms with Crippen LogP contribution in [0.1, 0.15) is 25.7 Å². The molecule has 0 unspecified atom stereocenters. The second kappa shape index (κ2) is 4.42. The topological polar surface area (TPSA) is 12.5 Å². The maximum atomic E-state index is 5.38. The molecule has 82 valence electrons. The van der Waals surface area contributed by atoms with E-state index in [0.29, 0.717) is 5.41 Å². The van der Waals surface area contributed by atoms with Gasteiger partial charge < -0.3 is 9.64 Å². The quantitative estimate of drug-likeness (QED) is 0.718. The first-order valence-electron chi connectivity index (χ1n) is 5.65. The summed E-state index contributed by atoms with van der Waals surface area (Å²) in [5.41, 5.74) is 0.566. The van der Waals surface area contributed by atoms with Gasteiger partial charge in [-0.3, -0.25) is 0 Å². The molecule has 0 aromatic rings. The van der Waals surface area contributed by atoms with Gasteiger partial charge >= 0.3 is 0 Å². The van der Waals surface area contributed by atoms with Crippen molar-refractivity contribution in [2.45, 2.75) is 31.7 Å². The molecule has 2 aliphatic rings. The lowest BCUT2D eigenvalue weighted by molar-refractivity contribution is 0.0379. The third-order valence-electron chi connectivity index (χ3n) is 3.69. The molecule has 2 nitrogen and oxygen atoms in total. The molecule has 1 aliphatic heterocycles. The van der Waals surface area contributed by atoms with Gasteiger partial charge in [-0.15, -0.1) is 0 Å². The molecule has 0 amide bonds. The molecule has 0 atom stereocenters. The molecule has 0 aromatic heterocycles. The number of nitrogens with zero attached hydrogens (tertiary/aromatic N) is 1.